The number of rotatable bonds is 7. The summed E-state index contributed by atoms with van der Waals surface area (Å²) in [5, 5.41) is 2.91. The summed E-state index contributed by atoms with van der Waals surface area (Å²) in [6.07, 6.45) is 1.80. The van der Waals surface area contributed by atoms with Gasteiger partial charge in [0.15, 0.2) is 0 Å². The third kappa shape index (κ3) is 4.73. The second-order valence-electron chi connectivity index (χ2n) is 4.63. The van der Waals surface area contributed by atoms with Crippen LogP contribution >= 0.6 is 23.7 Å². The van der Waals surface area contributed by atoms with Crippen molar-refractivity contribution in [2.24, 2.45) is 5.73 Å². The summed E-state index contributed by atoms with van der Waals surface area (Å²) in [4.78, 5) is 13.9. The molecule has 120 valence electrons. The van der Waals surface area contributed by atoms with Crippen molar-refractivity contribution in [2.45, 2.75) is 12.8 Å². The lowest BCUT2D eigenvalue weighted by Crippen LogP contribution is -2.24. The van der Waals surface area contributed by atoms with Gasteiger partial charge < -0.3 is 15.8 Å². The number of nitrogens with two attached hydrogens (primary N) is 1. The molecule has 0 unspecified atom stereocenters. The summed E-state index contributed by atoms with van der Waals surface area (Å²) >= 11 is 1.45. The Morgan fingerprint density at radius 2 is 2.00 bits per heavy atom. The van der Waals surface area contributed by atoms with Crippen molar-refractivity contribution in [3.8, 4) is 16.2 Å². The van der Waals surface area contributed by atoms with Crippen LogP contribution < -0.4 is 15.8 Å². The summed E-state index contributed by atoms with van der Waals surface area (Å²) < 4.78 is 5.33. The van der Waals surface area contributed by atoms with Crippen molar-refractivity contribution in [1.29, 1.82) is 0 Å². The topological polar surface area (TPSA) is 64.3 Å². The molecule has 0 aliphatic carbocycles. The van der Waals surface area contributed by atoms with E-state index in [0.29, 0.717) is 23.7 Å². The molecule has 0 aliphatic rings. The number of benzene rings is 1. The molecule has 22 heavy (non-hydrogen) atoms. The molecular weight excluding hydrogens is 320 g/mol. The highest BCUT2D eigenvalue weighted by atomic mass is 35.5. The minimum atomic E-state index is -0.0870. The molecule has 1 amide bonds. The fourth-order valence-electron chi connectivity index (χ4n) is 1.98. The minimum Gasteiger partial charge on any atom is -0.495 e. The van der Waals surface area contributed by atoms with Crippen molar-refractivity contribution < 1.29 is 9.53 Å². The van der Waals surface area contributed by atoms with Crippen LogP contribution in [0.5, 0.6) is 5.75 Å². The molecule has 2 rings (SSSR count). The molecule has 4 nitrogen and oxygen atoms in total. The fraction of sp³-hybridized carbons (Fsp3) is 0.312. The third-order valence-corrected chi connectivity index (χ3v) is 4.26. The molecule has 3 N–H and O–H groups in total. The van der Waals surface area contributed by atoms with E-state index in [2.05, 4.69) is 5.32 Å². The van der Waals surface area contributed by atoms with Crippen molar-refractivity contribution in [1.82, 2.24) is 5.32 Å². The van der Waals surface area contributed by atoms with Gasteiger partial charge in [-0.25, -0.2) is 0 Å². The van der Waals surface area contributed by atoms with Gasteiger partial charge in [0.05, 0.1) is 7.11 Å². The Morgan fingerprint density at radius 3 is 2.64 bits per heavy atom. The normalized spacial score (nSPS) is 9.91. The van der Waals surface area contributed by atoms with E-state index >= 15 is 0 Å². The Labute approximate surface area is 141 Å². The smallest absolute Gasteiger partial charge is 0.265 e. The van der Waals surface area contributed by atoms with Crippen molar-refractivity contribution >= 4 is 29.7 Å². The number of carbonyl (C=O) groups excluding carboxylic acids is 1. The average Bonchev–Trinajstić information content (AvgIpc) is 2.96. The van der Waals surface area contributed by atoms with E-state index in [0.717, 1.165) is 23.3 Å². The molecule has 6 heteroatoms. The Balaban J connectivity index is 0.00000242. The van der Waals surface area contributed by atoms with E-state index in [9.17, 15) is 4.79 Å². The number of nitrogens with one attached hydrogen (secondary N) is 1. The SMILES string of the molecule is COc1cc(-c2ccccc2)sc1C(=O)NCCCCN.Cl. The van der Waals surface area contributed by atoms with Crippen molar-refractivity contribution in [2.75, 3.05) is 20.2 Å². The summed E-state index contributed by atoms with van der Waals surface area (Å²) in [7, 11) is 1.59. The molecule has 1 aromatic heterocycles. The van der Waals surface area contributed by atoms with Gasteiger partial charge in [-0.05, 0) is 31.0 Å². The molecule has 0 atom stereocenters. The molecule has 0 bridgehead atoms. The molecule has 0 aliphatic heterocycles. The van der Waals surface area contributed by atoms with Crippen LogP contribution in [0, 0.1) is 0 Å². The molecule has 0 saturated heterocycles. The second kappa shape index (κ2) is 9.46. The number of hydrogen-bond acceptors (Lipinski definition) is 4. The van der Waals surface area contributed by atoms with Gasteiger partial charge in [-0.3, -0.25) is 4.79 Å². The highest BCUT2D eigenvalue weighted by Gasteiger charge is 2.17. The first-order valence-electron chi connectivity index (χ1n) is 6.97. The molecule has 0 spiro atoms. The Kier molecular flexibility index (Phi) is 7.95. The first kappa shape index (κ1) is 18.5. The van der Waals surface area contributed by atoms with E-state index in [1.54, 1.807) is 7.11 Å². The van der Waals surface area contributed by atoms with E-state index in [1.165, 1.54) is 11.3 Å². The zero-order chi connectivity index (χ0) is 15.1. The summed E-state index contributed by atoms with van der Waals surface area (Å²) in [6.45, 7) is 1.29. The molecule has 1 heterocycles. The molecule has 0 fully saturated rings. The molecular formula is C16H21ClN2O2S. The van der Waals surface area contributed by atoms with E-state index in [4.69, 9.17) is 10.5 Å². The predicted octanol–water partition coefficient (Wildman–Crippen LogP) is 3.31. The summed E-state index contributed by atoms with van der Waals surface area (Å²) in [5.74, 6) is 0.534. The highest BCUT2D eigenvalue weighted by Crippen LogP contribution is 2.36. The van der Waals surface area contributed by atoms with E-state index < -0.39 is 0 Å². The van der Waals surface area contributed by atoms with Crippen LogP contribution in [-0.2, 0) is 0 Å². The number of amides is 1. The minimum absolute atomic E-state index is 0. The second-order valence-corrected chi connectivity index (χ2v) is 5.68. The maximum absolute atomic E-state index is 12.2. The van der Waals surface area contributed by atoms with Gasteiger partial charge >= 0.3 is 0 Å². The van der Waals surface area contributed by atoms with Gasteiger partial charge in [0.1, 0.15) is 10.6 Å². The first-order chi connectivity index (χ1) is 10.3. The largest absolute Gasteiger partial charge is 0.495 e. The van der Waals surface area contributed by atoms with Gasteiger partial charge in [0, 0.05) is 11.4 Å². The third-order valence-electron chi connectivity index (χ3n) is 3.10. The van der Waals surface area contributed by atoms with E-state index in [-0.39, 0.29) is 18.3 Å². The van der Waals surface area contributed by atoms with Crippen molar-refractivity contribution in [3.63, 3.8) is 0 Å². The number of unbranched alkanes of at least 4 members (excludes halogenated alkanes) is 1. The van der Waals surface area contributed by atoms with Crippen LogP contribution in [0.25, 0.3) is 10.4 Å². The van der Waals surface area contributed by atoms with Gasteiger partial charge in [-0.2, -0.15) is 0 Å². The highest BCUT2D eigenvalue weighted by molar-refractivity contribution is 7.17. The zero-order valence-electron chi connectivity index (χ0n) is 12.5. The quantitative estimate of drug-likeness (QED) is 0.760. The maximum Gasteiger partial charge on any atom is 0.265 e. The van der Waals surface area contributed by atoms with Crippen LogP contribution in [-0.4, -0.2) is 26.1 Å². The summed E-state index contributed by atoms with van der Waals surface area (Å²) in [6, 6.07) is 11.9. The monoisotopic (exact) mass is 340 g/mol. The van der Waals surface area contributed by atoms with Crippen LogP contribution in [0.15, 0.2) is 36.4 Å². The first-order valence-corrected chi connectivity index (χ1v) is 7.79. The van der Waals surface area contributed by atoms with Crippen LogP contribution in [0.1, 0.15) is 22.5 Å². The standard InChI is InChI=1S/C16H20N2O2S.ClH/c1-20-13-11-14(12-7-3-2-4-8-12)21-15(13)16(19)18-10-6-5-9-17;/h2-4,7-8,11H,5-6,9-10,17H2,1H3,(H,18,19);1H. The van der Waals surface area contributed by atoms with Crippen molar-refractivity contribution in [3.05, 3.63) is 41.3 Å². The summed E-state index contributed by atoms with van der Waals surface area (Å²) in [5.41, 5.74) is 6.53. The lowest BCUT2D eigenvalue weighted by atomic mass is 10.2. The number of thiophene rings is 1. The predicted molar refractivity (Wildman–Crippen MR) is 94.2 cm³/mol. The van der Waals surface area contributed by atoms with Crippen LogP contribution in [0.3, 0.4) is 0 Å². The lowest BCUT2D eigenvalue weighted by molar-refractivity contribution is 0.0954. The number of methoxy groups -OCH3 is 1. The molecule has 0 saturated carbocycles. The molecule has 2 aromatic rings. The number of hydrogen-bond donors (Lipinski definition) is 2. The van der Waals surface area contributed by atoms with Gasteiger partial charge in [-0.1, -0.05) is 30.3 Å². The number of carbonyl (C=O) groups is 1. The van der Waals surface area contributed by atoms with Crippen LogP contribution in [0.2, 0.25) is 0 Å². The molecule has 1 aromatic carbocycles. The van der Waals surface area contributed by atoms with Gasteiger partial charge in [-0.15, -0.1) is 23.7 Å². The van der Waals surface area contributed by atoms with Gasteiger partial charge in [0.2, 0.25) is 0 Å². The zero-order valence-corrected chi connectivity index (χ0v) is 14.1. The Morgan fingerprint density at radius 1 is 1.27 bits per heavy atom. The Bertz CT molecular complexity index is 587. The number of halogens is 1. The fourth-order valence-corrected chi connectivity index (χ4v) is 3.03. The van der Waals surface area contributed by atoms with Crippen LogP contribution in [0.4, 0.5) is 0 Å². The lowest BCUT2D eigenvalue weighted by Gasteiger charge is -2.04. The molecule has 0 radical (unpaired) electrons. The maximum atomic E-state index is 12.2. The average molecular weight is 341 g/mol. The van der Waals surface area contributed by atoms with Gasteiger partial charge in [0.25, 0.3) is 5.91 Å². The number of ether oxygens (including phenoxy) is 1. The van der Waals surface area contributed by atoms with E-state index in [1.807, 2.05) is 36.4 Å². The Hall–Kier alpha value is -1.56.